The number of aromatic nitrogens is 4. The number of urea groups is 1. The van der Waals surface area contributed by atoms with Crippen molar-refractivity contribution in [2.24, 2.45) is 0 Å². The summed E-state index contributed by atoms with van der Waals surface area (Å²) >= 11 is 1.16. The Labute approximate surface area is 161 Å². The third-order valence-electron chi connectivity index (χ3n) is 4.12. The smallest absolute Gasteiger partial charge is 0.321 e. The van der Waals surface area contributed by atoms with Crippen molar-refractivity contribution < 1.29 is 9.59 Å². The highest BCUT2D eigenvalue weighted by Crippen LogP contribution is 2.19. The minimum atomic E-state index is -0.468. The first kappa shape index (κ1) is 19.1. The number of thioether (sulfide) groups is 1. The molecule has 0 bridgehead atoms. The van der Waals surface area contributed by atoms with E-state index in [1.807, 2.05) is 12.1 Å². The van der Waals surface area contributed by atoms with E-state index in [4.69, 9.17) is 0 Å². The molecular weight excluding hydrogens is 364 g/mol. The van der Waals surface area contributed by atoms with Gasteiger partial charge in [-0.05, 0) is 44.2 Å². The van der Waals surface area contributed by atoms with Crippen LogP contribution in [0.4, 0.5) is 4.79 Å². The van der Waals surface area contributed by atoms with Gasteiger partial charge in [0.25, 0.3) is 0 Å². The summed E-state index contributed by atoms with van der Waals surface area (Å²) in [5, 5.41) is 12.4. The van der Waals surface area contributed by atoms with E-state index in [9.17, 15) is 9.59 Å². The number of carbonyl (C=O) groups excluding carboxylic acids is 2. The minimum Gasteiger partial charge on any atom is -0.337 e. The van der Waals surface area contributed by atoms with Gasteiger partial charge in [-0.2, -0.15) is 0 Å². The summed E-state index contributed by atoms with van der Waals surface area (Å²) in [5.74, 6) is 0.284. The third-order valence-corrected chi connectivity index (χ3v) is 4.97. The number of imide groups is 1. The standard InChI is InChI=1S/C18H22N6O2S/c25-15(21-17(26)20-11-6-13-4-2-1-3-5-13)12-27-18-22-16(23-24-18)14-7-9-19-10-8-14/h4,7-10H,1-3,5-6,11-12H2,(H,22,23,24)(H2,20,21,25,26). The van der Waals surface area contributed by atoms with Crippen LogP contribution in [0.15, 0.2) is 41.3 Å². The van der Waals surface area contributed by atoms with Crippen molar-refractivity contribution in [3.63, 3.8) is 0 Å². The number of hydrogen-bond acceptors (Lipinski definition) is 6. The van der Waals surface area contributed by atoms with E-state index in [2.05, 4.69) is 36.9 Å². The maximum absolute atomic E-state index is 11.9. The van der Waals surface area contributed by atoms with Gasteiger partial charge in [-0.1, -0.05) is 23.4 Å². The lowest BCUT2D eigenvalue weighted by Crippen LogP contribution is -2.40. The van der Waals surface area contributed by atoms with Crippen LogP contribution in [0.25, 0.3) is 11.4 Å². The molecule has 3 rings (SSSR count). The van der Waals surface area contributed by atoms with E-state index in [0.717, 1.165) is 36.6 Å². The first-order chi connectivity index (χ1) is 13.2. The number of aromatic amines is 1. The molecule has 27 heavy (non-hydrogen) atoms. The van der Waals surface area contributed by atoms with Crippen molar-refractivity contribution in [2.45, 2.75) is 37.3 Å². The molecule has 0 atom stereocenters. The van der Waals surface area contributed by atoms with E-state index in [1.54, 1.807) is 12.4 Å². The molecule has 0 saturated heterocycles. The number of amides is 3. The van der Waals surface area contributed by atoms with Crippen LogP contribution < -0.4 is 10.6 Å². The van der Waals surface area contributed by atoms with Gasteiger partial charge in [-0.3, -0.25) is 20.2 Å². The predicted octanol–water partition coefficient (Wildman–Crippen LogP) is 2.68. The summed E-state index contributed by atoms with van der Waals surface area (Å²) in [4.78, 5) is 31.9. The van der Waals surface area contributed by atoms with Crippen molar-refractivity contribution in [3.05, 3.63) is 36.2 Å². The van der Waals surface area contributed by atoms with E-state index >= 15 is 0 Å². The predicted molar refractivity (Wildman–Crippen MR) is 103 cm³/mol. The molecule has 0 saturated carbocycles. The molecule has 3 N–H and O–H groups in total. The van der Waals surface area contributed by atoms with Crippen LogP contribution in [-0.2, 0) is 4.79 Å². The van der Waals surface area contributed by atoms with Crippen molar-refractivity contribution in [2.75, 3.05) is 12.3 Å². The molecule has 3 amide bonds. The first-order valence-electron chi connectivity index (χ1n) is 8.92. The molecule has 1 aliphatic carbocycles. The molecule has 0 spiro atoms. The zero-order valence-corrected chi connectivity index (χ0v) is 15.7. The van der Waals surface area contributed by atoms with Crippen LogP contribution in [0.1, 0.15) is 32.1 Å². The van der Waals surface area contributed by atoms with Gasteiger partial charge in [-0.15, -0.1) is 5.10 Å². The Kier molecular flexibility index (Phi) is 6.97. The Morgan fingerprint density at radius 3 is 2.85 bits per heavy atom. The fraction of sp³-hybridized carbons (Fsp3) is 0.389. The Balaban J connectivity index is 1.36. The van der Waals surface area contributed by atoms with E-state index in [-0.39, 0.29) is 11.7 Å². The summed E-state index contributed by atoms with van der Waals surface area (Å²) in [6, 6.07) is 3.16. The number of rotatable bonds is 7. The number of hydrogen-bond donors (Lipinski definition) is 3. The maximum atomic E-state index is 11.9. The van der Waals surface area contributed by atoms with E-state index < -0.39 is 6.03 Å². The Hall–Kier alpha value is -2.68. The number of allylic oxidation sites excluding steroid dienone is 1. The van der Waals surface area contributed by atoms with Crippen LogP contribution >= 0.6 is 11.8 Å². The summed E-state index contributed by atoms with van der Waals surface area (Å²) in [6.07, 6.45) is 11.1. The minimum absolute atomic E-state index is 0.0617. The molecule has 8 nitrogen and oxygen atoms in total. The third kappa shape index (κ3) is 6.21. The van der Waals surface area contributed by atoms with E-state index in [1.165, 1.54) is 18.4 Å². The second kappa shape index (κ2) is 9.86. The second-order valence-corrected chi connectivity index (χ2v) is 7.10. The Morgan fingerprint density at radius 2 is 2.07 bits per heavy atom. The zero-order valence-electron chi connectivity index (χ0n) is 14.9. The van der Waals surface area contributed by atoms with Gasteiger partial charge in [0.2, 0.25) is 11.1 Å². The molecule has 9 heteroatoms. The lowest BCUT2D eigenvalue weighted by Gasteiger charge is -2.13. The molecule has 142 valence electrons. The largest absolute Gasteiger partial charge is 0.337 e. The second-order valence-electron chi connectivity index (χ2n) is 6.15. The molecule has 0 aromatic carbocycles. The van der Waals surface area contributed by atoms with Crippen molar-refractivity contribution >= 4 is 23.7 Å². The fourth-order valence-electron chi connectivity index (χ4n) is 2.76. The Morgan fingerprint density at radius 1 is 1.22 bits per heavy atom. The van der Waals surface area contributed by atoms with Gasteiger partial charge in [0, 0.05) is 24.5 Å². The molecule has 2 heterocycles. The van der Waals surface area contributed by atoms with Gasteiger partial charge in [0.15, 0.2) is 5.82 Å². The van der Waals surface area contributed by atoms with Gasteiger partial charge in [-0.25, -0.2) is 9.78 Å². The maximum Gasteiger partial charge on any atom is 0.321 e. The zero-order chi connectivity index (χ0) is 18.9. The van der Waals surface area contributed by atoms with Gasteiger partial charge >= 0.3 is 6.03 Å². The van der Waals surface area contributed by atoms with Gasteiger partial charge in [0.05, 0.1) is 5.75 Å². The van der Waals surface area contributed by atoms with Crippen molar-refractivity contribution in [3.8, 4) is 11.4 Å². The average Bonchev–Trinajstić information content (AvgIpc) is 3.17. The summed E-state index contributed by atoms with van der Waals surface area (Å²) in [6.45, 7) is 0.536. The van der Waals surface area contributed by atoms with Gasteiger partial charge in [0.1, 0.15) is 0 Å². The van der Waals surface area contributed by atoms with Crippen LogP contribution in [0.2, 0.25) is 0 Å². The topological polar surface area (TPSA) is 113 Å². The lowest BCUT2D eigenvalue weighted by molar-refractivity contribution is -0.117. The Bertz CT molecular complexity index is 805. The fourth-order valence-corrected chi connectivity index (χ4v) is 3.35. The average molecular weight is 386 g/mol. The number of nitrogens with one attached hydrogen (secondary N) is 3. The monoisotopic (exact) mass is 386 g/mol. The summed E-state index contributed by atoms with van der Waals surface area (Å²) in [5.41, 5.74) is 2.25. The van der Waals surface area contributed by atoms with Gasteiger partial charge < -0.3 is 5.32 Å². The number of pyridine rings is 1. The van der Waals surface area contributed by atoms with Crippen molar-refractivity contribution in [1.82, 2.24) is 30.8 Å². The highest BCUT2D eigenvalue weighted by molar-refractivity contribution is 7.99. The summed E-state index contributed by atoms with van der Waals surface area (Å²) in [7, 11) is 0. The molecule has 0 radical (unpaired) electrons. The molecule has 1 aliphatic rings. The highest BCUT2D eigenvalue weighted by Gasteiger charge is 2.11. The first-order valence-corrected chi connectivity index (χ1v) is 9.90. The molecule has 2 aromatic rings. The highest BCUT2D eigenvalue weighted by atomic mass is 32.2. The molecule has 0 unspecified atom stereocenters. The normalized spacial score (nSPS) is 13.7. The summed E-state index contributed by atoms with van der Waals surface area (Å²) < 4.78 is 0. The number of H-pyrrole nitrogens is 1. The van der Waals surface area contributed by atoms with Crippen LogP contribution in [-0.4, -0.2) is 44.4 Å². The quantitative estimate of drug-likeness (QED) is 0.498. The lowest BCUT2D eigenvalue weighted by atomic mass is 9.97. The van der Waals surface area contributed by atoms with Crippen LogP contribution in [0, 0.1) is 0 Å². The van der Waals surface area contributed by atoms with E-state index in [0.29, 0.717) is 17.5 Å². The SMILES string of the molecule is O=C(CSc1n[nH]c(-c2ccncc2)n1)NC(=O)NCCC1=CCCCC1. The molecule has 0 fully saturated rings. The molecule has 2 aromatic heterocycles. The molecule has 0 aliphatic heterocycles. The van der Waals surface area contributed by atoms with Crippen molar-refractivity contribution in [1.29, 1.82) is 0 Å². The number of carbonyl (C=O) groups is 2. The van der Waals surface area contributed by atoms with Crippen LogP contribution in [0.3, 0.4) is 0 Å². The van der Waals surface area contributed by atoms with Crippen LogP contribution in [0.5, 0.6) is 0 Å². The number of nitrogens with zero attached hydrogens (tertiary/aromatic N) is 3. The molecular formula is C18H22N6O2S.